The first-order chi connectivity index (χ1) is 65.4. The number of benzene rings is 16. The standard InChI is InChI=1S/C44H32N2.C32H20N8.C11H8N.3C9H7NO.Al.Cu.Ir/c1-3-17-37(18-4-1)45(43-23-11-15-35-13-7-9-21-41(35)43)39-29-25-33(26-30-39)34-27-31-40(32-28-34)46(38-19-5-2-6-20-38)44-24-12-16-36-14-8-10-22-42(36)44;1-2-10-18-17(9-1)25-33-26(18)38-28-21-13-5-6-14-22(21)30(35-28)40-32-24-16-8-7-15-23(24)31(36-32)39-29-20-12-4-3-11-19(20)27(34-29)37-25;1-2-6-10(7-3-1)11-8-4-5-9-12-11;3*11-8-5-1-3-7-4-2-6-10-9(7)8;;;/h1-32H;1-16,25,28-29,32H;1-6,8-9H;3*1-6,11H;;;/q;-4;-1;;;;+3;;/p-3. The molecule has 2 radical (unpaired) electrons. The van der Waals surface area contributed by atoms with E-state index in [4.69, 9.17) is 52.6 Å². The fourth-order valence-electron chi connectivity index (χ4n) is 17.4. The van der Waals surface area contributed by atoms with Gasteiger partial charge in [-0.1, -0.05) is 321 Å². The Morgan fingerprint density at radius 1 is 0.261 bits per heavy atom. The normalized spacial score (nSPS) is 14.7. The number of anilines is 6. The number of nitrogens with zero attached hydrogens (tertiary/aromatic N) is 14. The van der Waals surface area contributed by atoms with Gasteiger partial charge in [-0.05, 0) is 200 Å². The molecule has 0 saturated heterocycles. The summed E-state index contributed by atoms with van der Waals surface area (Å²) < 4.78 is 19.2. The second kappa shape index (κ2) is 39.4. The van der Waals surface area contributed by atoms with Gasteiger partial charge in [0.2, 0.25) is 0 Å². The Morgan fingerprint density at radius 2 is 0.567 bits per heavy atom. The molecule has 4 unspecified atom stereocenters. The summed E-state index contributed by atoms with van der Waals surface area (Å²) in [5.74, 6) is 4.38. The van der Waals surface area contributed by atoms with Gasteiger partial charge in [0.15, 0.2) is 0 Å². The Balaban J connectivity index is 0.000000117. The Bertz CT molecular complexity index is 7090. The Morgan fingerprint density at radius 3 is 0.933 bits per heavy atom. The maximum atomic E-state index is 6.41. The second-order valence-electron chi connectivity index (χ2n) is 31.7. The molecule has 17 nitrogen and oxygen atoms in total. The molecule has 0 spiro atoms. The molecule has 5 aliphatic rings. The largest absolute Gasteiger partial charge is 1.20 e. The quantitative estimate of drug-likeness (QED) is 0.0753. The van der Waals surface area contributed by atoms with Gasteiger partial charge in [-0.3, -0.25) is 15.0 Å². The third-order valence-electron chi connectivity index (χ3n) is 23.6. The molecule has 25 rings (SSSR count). The minimum Gasteiger partial charge on any atom is -0.576 e. The SMILES string of the molecule is [Cu].[Ir].[c-]1ccccc1-c1ccccn1.c1ccc(N(c2ccc(-c3ccc(N(c4ccccc4)c4cccc5ccccc45)cc3)cc2)c2cccc3ccccc23)cc1.c1ccc2c(c1)C1=NC3[N-]C(=NC4[N-]C(=NC5[N-]C(=NC2[N-]1)c1ccccc15)c1ccccc14)c1ccccc13.c1cnc2c([O][Al]([O]c3cccc4cccnc34)[O]c3cccc4cccnc34)cccc2c1. The molecule has 8 bridgehead atoms. The van der Waals surface area contributed by atoms with Crippen LogP contribution in [0, 0.1) is 6.07 Å². The summed E-state index contributed by atoms with van der Waals surface area (Å²) >= 11 is -2.86. The summed E-state index contributed by atoms with van der Waals surface area (Å²) in [4.78, 5) is 42.7. The molecule has 20 aromatic rings. The van der Waals surface area contributed by atoms with Crippen LogP contribution in [0.5, 0.6) is 17.2 Å². The van der Waals surface area contributed by atoms with Crippen LogP contribution in [0.1, 0.15) is 69.2 Å². The van der Waals surface area contributed by atoms with Crippen molar-refractivity contribution in [2.45, 2.75) is 24.7 Å². The summed E-state index contributed by atoms with van der Waals surface area (Å²) in [5, 5.41) is 27.8. The number of para-hydroxylation sites is 5. The van der Waals surface area contributed by atoms with Gasteiger partial charge in [-0.25, -0.2) is 0 Å². The first-order valence-corrected chi connectivity index (χ1v) is 45.1. The van der Waals surface area contributed by atoms with Crippen LogP contribution in [0.4, 0.5) is 34.1 Å². The molecule has 9 heterocycles. The maximum Gasteiger partial charge on any atom is 1.20 e. The fourth-order valence-corrected chi connectivity index (χ4v) is 18.7. The zero-order valence-electron chi connectivity index (χ0n) is 71.7. The van der Waals surface area contributed by atoms with Crippen LogP contribution in [0.25, 0.3) is 97.9 Å². The number of rotatable bonds is 14. The molecule has 5 aliphatic heterocycles. The number of hydrogen-bond acceptors (Lipinski definition) is 13. The van der Waals surface area contributed by atoms with E-state index in [1.807, 2.05) is 206 Å². The number of pyridine rings is 4. The van der Waals surface area contributed by atoms with Crippen molar-refractivity contribution in [1.29, 1.82) is 0 Å². The predicted octanol–water partition coefficient (Wildman–Crippen LogP) is 28.3. The molecule has 0 aliphatic carbocycles. The molecule has 0 amide bonds. The summed E-state index contributed by atoms with van der Waals surface area (Å²) in [6.45, 7) is 0. The van der Waals surface area contributed by atoms with Crippen LogP contribution in [0.3, 0.4) is 0 Å². The first kappa shape index (κ1) is 86.1. The average Bonchev–Trinajstić information content (AvgIpc) is 1.69. The molecule has 0 saturated carbocycles. The molecule has 4 atom stereocenters. The molecular formula is C114H78AlCuIrN14O3-5. The van der Waals surface area contributed by atoms with E-state index in [2.05, 4.69) is 254 Å². The van der Waals surface area contributed by atoms with Crippen molar-refractivity contribution < 1.29 is 48.5 Å². The van der Waals surface area contributed by atoms with Gasteiger partial charge >= 0.3 is 15.1 Å². The molecule has 16 aromatic carbocycles. The Kier molecular flexibility index (Phi) is 25.3. The molecule has 650 valence electrons. The van der Waals surface area contributed by atoms with Gasteiger partial charge in [0, 0.05) is 112 Å². The molecule has 0 fully saturated rings. The third kappa shape index (κ3) is 17.9. The Labute approximate surface area is 804 Å². The van der Waals surface area contributed by atoms with Gasteiger partial charge < -0.3 is 67.4 Å². The van der Waals surface area contributed by atoms with E-state index in [0.717, 1.165) is 123 Å². The molecule has 0 N–H and O–H groups in total. The van der Waals surface area contributed by atoms with E-state index in [1.54, 1.807) is 24.8 Å². The van der Waals surface area contributed by atoms with Crippen LogP contribution < -0.4 is 21.2 Å². The van der Waals surface area contributed by atoms with Crippen molar-refractivity contribution >= 4 is 127 Å². The van der Waals surface area contributed by atoms with Crippen molar-refractivity contribution in [1.82, 2.24) is 19.9 Å². The van der Waals surface area contributed by atoms with Crippen molar-refractivity contribution in [3.63, 3.8) is 0 Å². The molecular weight excluding hydrogens is 1900 g/mol. The first-order valence-electron chi connectivity index (χ1n) is 43.7. The number of aliphatic imine (C=N–C) groups is 4. The van der Waals surface area contributed by atoms with Crippen molar-refractivity contribution in [2.75, 3.05) is 9.80 Å². The van der Waals surface area contributed by atoms with E-state index in [-0.39, 0.29) is 37.2 Å². The minimum atomic E-state index is -2.86. The predicted molar refractivity (Wildman–Crippen MR) is 534 cm³/mol. The van der Waals surface area contributed by atoms with E-state index < -0.39 is 39.8 Å². The summed E-state index contributed by atoms with van der Waals surface area (Å²) in [6, 6.07) is 148. The molecule has 20 heteroatoms. The molecule has 4 aromatic heterocycles. The van der Waals surface area contributed by atoms with E-state index >= 15 is 0 Å². The topological polar surface area (TPSA) is 192 Å². The van der Waals surface area contributed by atoms with E-state index in [0.29, 0.717) is 40.6 Å². The summed E-state index contributed by atoms with van der Waals surface area (Å²) in [6.07, 6.45) is 5.22. The zero-order chi connectivity index (χ0) is 87.9. The van der Waals surface area contributed by atoms with E-state index in [9.17, 15) is 0 Å². The maximum absolute atomic E-state index is 6.41. The van der Waals surface area contributed by atoms with Crippen LogP contribution in [-0.4, -0.2) is 58.4 Å². The second-order valence-corrected chi connectivity index (χ2v) is 33.0. The van der Waals surface area contributed by atoms with Crippen LogP contribution in [0.2, 0.25) is 0 Å². The van der Waals surface area contributed by atoms with Gasteiger partial charge in [0.1, 0.15) is 33.8 Å². The zero-order valence-corrected chi connectivity index (χ0v) is 76.2. The van der Waals surface area contributed by atoms with Gasteiger partial charge in [-0.15, -0.1) is 35.9 Å². The van der Waals surface area contributed by atoms with Gasteiger partial charge in [0.05, 0.1) is 11.4 Å². The van der Waals surface area contributed by atoms with Crippen LogP contribution in [0.15, 0.2) is 469 Å². The van der Waals surface area contributed by atoms with Crippen molar-refractivity contribution in [3.05, 3.63) is 521 Å². The summed E-state index contributed by atoms with van der Waals surface area (Å²) in [5.41, 5.74) is 21.3. The van der Waals surface area contributed by atoms with Gasteiger partial charge in [-0.2, -0.15) is 0 Å². The third-order valence-corrected chi connectivity index (χ3v) is 24.9. The van der Waals surface area contributed by atoms with Crippen molar-refractivity contribution in [3.8, 4) is 39.6 Å². The minimum absolute atomic E-state index is 0. The van der Waals surface area contributed by atoms with Crippen LogP contribution in [-0.2, 0) is 37.2 Å². The van der Waals surface area contributed by atoms with Crippen LogP contribution >= 0.6 is 0 Å². The summed E-state index contributed by atoms with van der Waals surface area (Å²) in [7, 11) is 0. The molecule has 134 heavy (non-hydrogen) atoms. The van der Waals surface area contributed by atoms with E-state index in [1.165, 1.54) is 32.7 Å². The number of hydrogen-bond donors (Lipinski definition) is 0. The van der Waals surface area contributed by atoms with Crippen molar-refractivity contribution in [2.24, 2.45) is 20.0 Å². The average molecular weight is 1970 g/mol. The number of aromatic nitrogens is 4. The number of fused-ring (bicyclic) bond motifs is 25. The monoisotopic (exact) mass is 1970 g/mol. The smallest absolute Gasteiger partial charge is 0.576 e. The Hall–Kier alpha value is -16.0. The number of amidine groups is 4. The van der Waals surface area contributed by atoms with Gasteiger partial charge in [0.25, 0.3) is 0 Å². The fraction of sp³-hybridized carbons (Fsp3) is 0.0351.